The Labute approximate surface area is 243 Å². The Morgan fingerprint density at radius 2 is 1.63 bits per heavy atom. The van der Waals surface area contributed by atoms with E-state index in [1.54, 1.807) is 23.1 Å². The van der Waals surface area contributed by atoms with E-state index in [0.717, 1.165) is 61.1 Å². The second kappa shape index (κ2) is 9.81. The van der Waals surface area contributed by atoms with Gasteiger partial charge in [0, 0.05) is 11.5 Å². The van der Waals surface area contributed by atoms with Crippen molar-refractivity contribution in [1.82, 2.24) is 10.2 Å². The predicted octanol–water partition coefficient (Wildman–Crippen LogP) is 8.37. The van der Waals surface area contributed by atoms with Crippen LogP contribution >= 0.6 is 0 Å². The van der Waals surface area contributed by atoms with Crippen molar-refractivity contribution in [3.63, 3.8) is 0 Å². The molecule has 4 nitrogen and oxygen atoms in total. The summed E-state index contributed by atoms with van der Waals surface area (Å²) in [6.45, 7) is 4.84. The quantitative estimate of drug-likeness (QED) is 0.414. The Hall–Kier alpha value is -2.95. The third kappa shape index (κ3) is 4.29. The van der Waals surface area contributed by atoms with E-state index in [1.165, 1.54) is 38.2 Å². The first kappa shape index (κ1) is 26.9. The standard InChI is InChI=1S/C36H43FN2O2/c1-34-17-7-12-29(34)28-13-14-31-35(2,30(28)15-20-34)21-16-32(40)39(31)33(41)38-36(18-3-4-19-36)26-10-5-8-24(22-26)25-9-6-11-27(37)23-25/h5-6,8-11,16,21-23,28-31H,3-4,7,12-15,17-20H2,1-2H3,(H,38,41)/t28-,29-,30-,31+,34-,35+/m0/s1. The number of benzene rings is 2. The number of urea groups is 1. The second-order valence-corrected chi connectivity index (χ2v) is 14.3. The van der Waals surface area contributed by atoms with E-state index >= 15 is 0 Å². The number of rotatable bonds is 3. The molecule has 41 heavy (non-hydrogen) atoms. The highest BCUT2D eigenvalue weighted by Gasteiger charge is 2.59. The molecule has 4 fully saturated rings. The van der Waals surface area contributed by atoms with Crippen molar-refractivity contribution >= 4 is 11.9 Å². The zero-order valence-corrected chi connectivity index (χ0v) is 24.5. The lowest BCUT2D eigenvalue weighted by atomic mass is 9.48. The van der Waals surface area contributed by atoms with Crippen LogP contribution in [0.1, 0.15) is 90.0 Å². The summed E-state index contributed by atoms with van der Waals surface area (Å²) in [6.07, 6.45) is 16.0. The summed E-state index contributed by atoms with van der Waals surface area (Å²) in [6, 6.07) is 14.4. The molecule has 1 N–H and O–H groups in total. The molecule has 4 aliphatic carbocycles. The third-order valence-corrected chi connectivity index (χ3v) is 12.2. The predicted molar refractivity (Wildman–Crippen MR) is 159 cm³/mol. The summed E-state index contributed by atoms with van der Waals surface area (Å²) in [4.78, 5) is 29.3. The fraction of sp³-hybridized carbons (Fsp3) is 0.556. The number of fused-ring (bicyclic) bond motifs is 5. The van der Waals surface area contributed by atoms with E-state index in [0.29, 0.717) is 17.3 Å². The van der Waals surface area contributed by atoms with Crippen molar-refractivity contribution in [1.29, 1.82) is 0 Å². The van der Waals surface area contributed by atoms with Crippen molar-refractivity contribution in [3.8, 4) is 11.1 Å². The average Bonchev–Trinajstić information content (AvgIpc) is 3.60. The Morgan fingerprint density at radius 1 is 0.878 bits per heavy atom. The normalized spacial score (nSPS) is 35.5. The molecule has 2 aromatic carbocycles. The monoisotopic (exact) mass is 554 g/mol. The molecule has 4 saturated carbocycles. The molecule has 5 heteroatoms. The van der Waals surface area contributed by atoms with Crippen molar-refractivity contribution in [3.05, 3.63) is 72.1 Å². The van der Waals surface area contributed by atoms with Crippen molar-refractivity contribution in [2.24, 2.45) is 28.6 Å². The highest BCUT2D eigenvalue weighted by molar-refractivity contribution is 6.02. The average molecular weight is 555 g/mol. The van der Waals surface area contributed by atoms with Crippen LogP contribution in [0.2, 0.25) is 0 Å². The number of halogens is 1. The molecule has 0 aromatic heterocycles. The van der Waals surface area contributed by atoms with Crippen molar-refractivity contribution in [2.75, 3.05) is 0 Å². The number of hydrogen-bond acceptors (Lipinski definition) is 2. The maximum atomic E-state index is 14.2. The maximum Gasteiger partial charge on any atom is 0.325 e. The van der Waals surface area contributed by atoms with Crippen molar-refractivity contribution in [2.45, 2.75) is 96.1 Å². The van der Waals surface area contributed by atoms with Gasteiger partial charge in [-0.3, -0.25) is 9.69 Å². The summed E-state index contributed by atoms with van der Waals surface area (Å²) in [7, 11) is 0. The summed E-state index contributed by atoms with van der Waals surface area (Å²) >= 11 is 0. The first-order chi connectivity index (χ1) is 19.7. The zero-order chi connectivity index (χ0) is 28.4. The fourth-order valence-electron chi connectivity index (χ4n) is 10.1. The molecule has 2 aromatic rings. The minimum atomic E-state index is -0.536. The number of carbonyl (C=O) groups excluding carboxylic acids is 2. The van der Waals surface area contributed by atoms with Gasteiger partial charge in [-0.25, -0.2) is 9.18 Å². The van der Waals surface area contributed by atoms with Gasteiger partial charge in [0.25, 0.3) is 5.91 Å². The van der Waals surface area contributed by atoms with Gasteiger partial charge < -0.3 is 5.32 Å². The Morgan fingerprint density at radius 3 is 2.41 bits per heavy atom. The molecule has 0 unspecified atom stereocenters. The van der Waals surface area contributed by atoms with Gasteiger partial charge in [0.2, 0.25) is 0 Å². The zero-order valence-electron chi connectivity index (χ0n) is 24.5. The number of carbonyl (C=O) groups is 2. The molecule has 0 radical (unpaired) electrons. The van der Waals surface area contributed by atoms with Crippen LogP contribution in [0.15, 0.2) is 60.7 Å². The molecule has 7 rings (SSSR count). The van der Waals surface area contributed by atoms with Crippen LogP contribution < -0.4 is 5.32 Å². The fourth-order valence-corrected chi connectivity index (χ4v) is 10.1. The van der Waals surface area contributed by atoms with E-state index in [1.807, 2.05) is 18.2 Å². The molecule has 5 aliphatic rings. The molecule has 6 atom stereocenters. The molecular formula is C36H43FN2O2. The summed E-state index contributed by atoms with van der Waals surface area (Å²) < 4.78 is 14.0. The van der Waals surface area contributed by atoms with E-state index in [9.17, 15) is 14.0 Å². The van der Waals surface area contributed by atoms with Crippen molar-refractivity contribution < 1.29 is 14.0 Å². The lowest BCUT2D eigenvalue weighted by Gasteiger charge is -2.59. The van der Waals surface area contributed by atoms with Gasteiger partial charge in [0.15, 0.2) is 0 Å². The van der Waals surface area contributed by atoms with Gasteiger partial charge in [-0.2, -0.15) is 0 Å². The van der Waals surface area contributed by atoms with E-state index < -0.39 is 5.54 Å². The smallest absolute Gasteiger partial charge is 0.325 e. The van der Waals surface area contributed by atoms with Gasteiger partial charge in [-0.15, -0.1) is 0 Å². The number of amides is 3. The number of hydrogen-bond donors (Lipinski definition) is 1. The van der Waals surface area contributed by atoms with E-state index in [-0.39, 0.29) is 29.2 Å². The van der Waals surface area contributed by atoms with Gasteiger partial charge >= 0.3 is 6.03 Å². The van der Waals surface area contributed by atoms with Gasteiger partial charge in [0.1, 0.15) is 5.82 Å². The van der Waals surface area contributed by atoms with Crippen LogP contribution in [0.25, 0.3) is 11.1 Å². The second-order valence-electron chi connectivity index (χ2n) is 14.3. The SMILES string of the molecule is C[C@@]12CCC[C@H]1[C@@H]1CC[C@H]3N(C(=O)NC4(c5cccc(-c6cccc(F)c6)c5)CCCC4)C(=O)C=C[C@]3(C)[C@H]1CC2. The highest BCUT2D eigenvalue weighted by Crippen LogP contribution is 2.64. The number of nitrogens with one attached hydrogen (secondary N) is 1. The first-order valence-electron chi connectivity index (χ1n) is 15.9. The van der Waals surface area contributed by atoms with Crippen LogP contribution in [0.4, 0.5) is 9.18 Å². The molecule has 216 valence electrons. The minimum absolute atomic E-state index is 0.107. The van der Waals surface area contributed by atoms with Crippen LogP contribution in [-0.2, 0) is 10.3 Å². The Kier molecular flexibility index (Phi) is 6.44. The molecule has 0 saturated heterocycles. The van der Waals surface area contributed by atoms with Gasteiger partial charge in [-0.05, 0) is 109 Å². The van der Waals surface area contributed by atoms with Crippen LogP contribution in [0.3, 0.4) is 0 Å². The number of imide groups is 1. The van der Waals surface area contributed by atoms with E-state index in [2.05, 4.69) is 37.4 Å². The van der Waals surface area contributed by atoms with Crippen LogP contribution in [-0.4, -0.2) is 22.9 Å². The lowest BCUT2D eigenvalue weighted by molar-refractivity contribution is -0.135. The Balaban J connectivity index is 1.17. The molecule has 0 spiro atoms. The van der Waals surface area contributed by atoms with Crippen LogP contribution in [0, 0.1) is 34.4 Å². The largest absolute Gasteiger partial charge is 0.328 e. The molecule has 0 bridgehead atoms. The van der Waals surface area contributed by atoms with E-state index in [4.69, 9.17) is 0 Å². The summed E-state index contributed by atoms with van der Waals surface area (Å²) in [5, 5.41) is 3.42. The number of nitrogens with zero attached hydrogens (tertiary/aromatic N) is 1. The minimum Gasteiger partial charge on any atom is -0.328 e. The lowest BCUT2D eigenvalue weighted by Crippen LogP contribution is -2.64. The van der Waals surface area contributed by atoms with Crippen LogP contribution in [0.5, 0.6) is 0 Å². The summed E-state index contributed by atoms with van der Waals surface area (Å²) in [5.74, 6) is 1.53. The third-order valence-electron chi connectivity index (χ3n) is 12.2. The topological polar surface area (TPSA) is 49.4 Å². The van der Waals surface area contributed by atoms with Gasteiger partial charge in [0.05, 0.1) is 11.6 Å². The summed E-state index contributed by atoms with van der Waals surface area (Å²) in [5.41, 5.74) is 2.54. The Bertz CT molecular complexity index is 1400. The molecular weight excluding hydrogens is 511 g/mol. The van der Waals surface area contributed by atoms with Gasteiger partial charge in [-0.1, -0.05) is 69.5 Å². The first-order valence-corrected chi connectivity index (χ1v) is 15.9. The molecule has 1 aliphatic heterocycles. The maximum absolute atomic E-state index is 14.2. The molecule has 1 heterocycles. The highest BCUT2D eigenvalue weighted by atomic mass is 19.1. The molecule has 3 amide bonds.